The lowest BCUT2D eigenvalue weighted by molar-refractivity contribution is -0.137. The summed E-state index contributed by atoms with van der Waals surface area (Å²) in [6.07, 6.45) is 0. The molecule has 7 nitrogen and oxygen atoms in total. The summed E-state index contributed by atoms with van der Waals surface area (Å²) in [5, 5.41) is 0.200. The van der Waals surface area contributed by atoms with Crippen LogP contribution >= 0.6 is 11.6 Å². The molecule has 0 aliphatic rings. The van der Waals surface area contributed by atoms with Crippen molar-refractivity contribution in [3.8, 4) is 5.75 Å². The van der Waals surface area contributed by atoms with Gasteiger partial charge in [-0.1, -0.05) is 11.6 Å². The minimum Gasteiger partial charge on any atom is -0.497 e. The second-order valence-corrected chi connectivity index (χ2v) is 4.92. The molecular weight excluding hydrogens is 322 g/mol. The summed E-state index contributed by atoms with van der Waals surface area (Å²) in [5.41, 5.74) is 11.5. The molecule has 1 aromatic carbocycles. The number of allylic oxidation sites excluding steroid dienone is 1. The molecule has 8 heteroatoms. The topological polar surface area (TPSA) is 117 Å². The van der Waals surface area contributed by atoms with Crippen LogP contribution in [0.25, 0.3) is 0 Å². The Bertz CT molecular complexity index is 679. The van der Waals surface area contributed by atoms with Gasteiger partial charge in [0.15, 0.2) is 6.61 Å². The number of ketones is 1. The van der Waals surface area contributed by atoms with Gasteiger partial charge in [-0.15, -0.1) is 0 Å². The van der Waals surface area contributed by atoms with E-state index >= 15 is 0 Å². The molecule has 0 fully saturated rings. The van der Waals surface area contributed by atoms with Gasteiger partial charge in [-0.25, -0.2) is 4.79 Å². The van der Waals surface area contributed by atoms with E-state index in [0.717, 1.165) is 0 Å². The van der Waals surface area contributed by atoms with Crippen molar-refractivity contribution in [3.63, 3.8) is 0 Å². The standard InChI is InChI=1S/C15H18ClN3O4/c1-8(17)13(14(18)19-2)15(21)23-7-12(20)10-5-4-9(22-3)6-11(10)16/h4-6H,7,17H2,1-3H3,(H2,18,19). The fraction of sp³-hybridized carbons (Fsp3) is 0.267. The molecule has 0 saturated carbocycles. The molecule has 0 atom stereocenters. The Balaban J connectivity index is 2.84. The summed E-state index contributed by atoms with van der Waals surface area (Å²) in [6, 6.07) is 4.57. The van der Waals surface area contributed by atoms with Gasteiger partial charge in [0.1, 0.15) is 17.2 Å². The molecule has 0 heterocycles. The molecule has 0 aliphatic carbocycles. The number of amidine groups is 1. The maximum Gasteiger partial charge on any atom is 0.344 e. The lowest BCUT2D eigenvalue weighted by atomic mass is 10.1. The first-order valence-corrected chi connectivity index (χ1v) is 6.92. The van der Waals surface area contributed by atoms with Gasteiger partial charge in [-0.05, 0) is 25.1 Å². The molecule has 1 rings (SSSR count). The number of aliphatic imine (C=N–C) groups is 1. The number of nitrogens with zero attached hydrogens (tertiary/aromatic N) is 1. The van der Waals surface area contributed by atoms with E-state index in [1.807, 2.05) is 0 Å². The van der Waals surface area contributed by atoms with E-state index in [-0.39, 0.29) is 27.7 Å². The lowest BCUT2D eigenvalue weighted by Gasteiger charge is -2.10. The highest BCUT2D eigenvalue weighted by molar-refractivity contribution is 6.34. The van der Waals surface area contributed by atoms with Crippen molar-refractivity contribution in [1.29, 1.82) is 0 Å². The zero-order valence-corrected chi connectivity index (χ0v) is 13.8. The summed E-state index contributed by atoms with van der Waals surface area (Å²) in [4.78, 5) is 27.8. The number of nitrogens with two attached hydrogens (primary N) is 2. The Hall–Kier alpha value is -2.54. The van der Waals surface area contributed by atoms with E-state index in [1.54, 1.807) is 6.07 Å². The summed E-state index contributed by atoms with van der Waals surface area (Å²) >= 11 is 5.99. The van der Waals surface area contributed by atoms with Crippen molar-refractivity contribution in [3.05, 3.63) is 40.1 Å². The number of esters is 1. The Labute approximate surface area is 138 Å². The molecule has 0 radical (unpaired) electrons. The largest absolute Gasteiger partial charge is 0.497 e. The number of Topliss-reactive ketones (excluding diaryl/α,β-unsaturated/α-hetero) is 1. The Morgan fingerprint density at radius 2 is 1.96 bits per heavy atom. The minimum absolute atomic E-state index is 0.0649. The Morgan fingerprint density at radius 1 is 1.30 bits per heavy atom. The summed E-state index contributed by atoms with van der Waals surface area (Å²) in [6.45, 7) is 0.982. The number of hydrogen-bond donors (Lipinski definition) is 2. The predicted molar refractivity (Wildman–Crippen MR) is 87.7 cm³/mol. The smallest absolute Gasteiger partial charge is 0.344 e. The monoisotopic (exact) mass is 339 g/mol. The third-order valence-electron chi connectivity index (χ3n) is 2.91. The Kier molecular flexibility index (Phi) is 6.59. The molecule has 1 aromatic rings. The molecule has 23 heavy (non-hydrogen) atoms. The van der Waals surface area contributed by atoms with Crippen molar-refractivity contribution in [2.24, 2.45) is 16.5 Å². The van der Waals surface area contributed by atoms with Crippen molar-refractivity contribution in [1.82, 2.24) is 0 Å². The first-order chi connectivity index (χ1) is 10.8. The fourth-order valence-corrected chi connectivity index (χ4v) is 1.99. The van der Waals surface area contributed by atoms with Crippen LogP contribution in [0.4, 0.5) is 0 Å². The van der Waals surface area contributed by atoms with Gasteiger partial charge in [0, 0.05) is 18.3 Å². The molecule has 0 aromatic heterocycles. The quantitative estimate of drug-likeness (QED) is 0.265. The SMILES string of the molecule is CN=C(N)C(C(=O)OCC(=O)c1ccc(OC)cc1Cl)=C(C)N. The van der Waals surface area contributed by atoms with Crippen LogP contribution in [0.1, 0.15) is 17.3 Å². The van der Waals surface area contributed by atoms with Gasteiger partial charge in [-0.3, -0.25) is 9.79 Å². The number of carbonyl (C=O) groups is 2. The second-order valence-electron chi connectivity index (χ2n) is 4.51. The maximum atomic E-state index is 12.1. The van der Waals surface area contributed by atoms with Gasteiger partial charge in [0.05, 0.1) is 12.1 Å². The first kappa shape index (κ1) is 18.5. The minimum atomic E-state index is -0.828. The van der Waals surface area contributed by atoms with Crippen LogP contribution in [0.5, 0.6) is 5.75 Å². The Morgan fingerprint density at radius 3 is 2.43 bits per heavy atom. The number of carbonyl (C=O) groups excluding carboxylic acids is 2. The van der Waals surface area contributed by atoms with Crippen LogP contribution in [0.2, 0.25) is 5.02 Å². The number of methoxy groups -OCH3 is 1. The van der Waals surface area contributed by atoms with E-state index in [9.17, 15) is 9.59 Å². The lowest BCUT2D eigenvalue weighted by Crippen LogP contribution is -2.27. The van der Waals surface area contributed by atoms with Crippen molar-refractivity contribution < 1.29 is 19.1 Å². The molecule has 4 N–H and O–H groups in total. The van der Waals surface area contributed by atoms with Gasteiger partial charge < -0.3 is 20.9 Å². The third kappa shape index (κ3) is 4.72. The highest BCUT2D eigenvalue weighted by Gasteiger charge is 2.20. The molecule has 0 spiro atoms. The number of hydrogen-bond acceptors (Lipinski definition) is 6. The highest BCUT2D eigenvalue weighted by Crippen LogP contribution is 2.22. The normalized spacial score (nSPS) is 12.4. The van der Waals surface area contributed by atoms with Crippen LogP contribution in [0, 0.1) is 0 Å². The van der Waals surface area contributed by atoms with Gasteiger partial charge >= 0.3 is 5.97 Å². The van der Waals surface area contributed by atoms with Crippen LogP contribution in [0.15, 0.2) is 34.5 Å². The van der Waals surface area contributed by atoms with Crippen molar-refractivity contribution in [2.75, 3.05) is 20.8 Å². The average Bonchev–Trinajstić information content (AvgIpc) is 2.51. The van der Waals surface area contributed by atoms with Crippen LogP contribution in [-0.2, 0) is 9.53 Å². The van der Waals surface area contributed by atoms with Crippen LogP contribution in [-0.4, -0.2) is 38.4 Å². The van der Waals surface area contributed by atoms with E-state index in [1.165, 1.54) is 33.2 Å². The van der Waals surface area contributed by atoms with E-state index < -0.39 is 18.4 Å². The van der Waals surface area contributed by atoms with Crippen molar-refractivity contribution >= 4 is 29.2 Å². The molecule has 0 amide bonds. The van der Waals surface area contributed by atoms with Gasteiger partial charge in [0.25, 0.3) is 0 Å². The van der Waals surface area contributed by atoms with Crippen LogP contribution in [0.3, 0.4) is 0 Å². The molecular formula is C15H18ClN3O4. The average molecular weight is 340 g/mol. The van der Waals surface area contributed by atoms with E-state index in [0.29, 0.717) is 5.75 Å². The molecule has 124 valence electrons. The number of ether oxygens (including phenoxy) is 2. The zero-order chi connectivity index (χ0) is 17.6. The number of rotatable bonds is 6. The van der Waals surface area contributed by atoms with Crippen molar-refractivity contribution in [2.45, 2.75) is 6.92 Å². The maximum absolute atomic E-state index is 12.1. The summed E-state index contributed by atoms with van der Waals surface area (Å²) in [7, 11) is 2.89. The zero-order valence-electron chi connectivity index (χ0n) is 13.1. The number of benzene rings is 1. The number of halogens is 1. The van der Waals surface area contributed by atoms with Gasteiger partial charge in [0.2, 0.25) is 5.78 Å². The first-order valence-electron chi connectivity index (χ1n) is 6.54. The molecule has 0 unspecified atom stereocenters. The van der Waals surface area contributed by atoms with Crippen LogP contribution < -0.4 is 16.2 Å². The summed E-state index contributed by atoms with van der Waals surface area (Å²) in [5.74, 6) is -0.845. The summed E-state index contributed by atoms with van der Waals surface area (Å²) < 4.78 is 9.94. The second kappa shape index (κ2) is 8.19. The third-order valence-corrected chi connectivity index (χ3v) is 3.22. The van der Waals surface area contributed by atoms with Gasteiger partial charge in [-0.2, -0.15) is 0 Å². The molecule has 0 saturated heterocycles. The van der Waals surface area contributed by atoms with E-state index in [2.05, 4.69) is 4.99 Å². The molecule has 0 bridgehead atoms. The predicted octanol–water partition coefficient (Wildman–Crippen LogP) is 1.29. The highest BCUT2D eigenvalue weighted by atomic mass is 35.5. The fourth-order valence-electron chi connectivity index (χ4n) is 1.71. The van der Waals surface area contributed by atoms with E-state index in [4.69, 9.17) is 32.5 Å². The molecule has 0 aliphatic heterocycles.